The fourth-order valence-corrected chi connectivity index (χ4v) is 1.09. The van der Waals surface area contributed by atoms with Crippen LogP contribution in [0.4, 0.5) is 0 Å². The minimum absolute atomic E-state index is 0.120. The zero-order valence-electron chi connectivity index (χ0n) is 7.80. The number of hydrogen-bond acceptors (Lipinski definition) is 3. The molecule has 0 aliphatic carbocycles. The van der Waals surface area contributed by atoms with E-state index in [4.69, 9.17) is 5.11 Å². The number of hydrogen-bond donors (Lipinski definition) is 3. The third-order valence-electron chi connectivity index (χ3n) is 1.86. The number of rotatable bonds is 4. The molecule has 0 saturated carbocycles. The van der Waals surface area contributed by atoms with E-state index in [-0.39, 0.29) is 18.8 Å². The SMILES string of the molecule is OCCC(O)C(O)=Cc1ccccc1. The summed E-state index contributed by atoms with van der Waals surface area (Å²) in [6.07, 6.45) is 0.648. The van der Waals surface area contributed by atoms with Crippen molar-refractivity contribution in [3.63, 3.8) is 0 Å². The molecule has 0 heterocycles. The molecule has 3 heteroatoms. The Morgan fingerprint density at radius 2 is 1.93 bits per heavy atom. The highest BCUT2D eigenvalue weighted by Gasteiger charge is 2.07. The average Bonchev–Trinajstić information content (AvgIpc) is 2.19. The van der Waals surface area contributed by atoms with Crippen molar-refractivity contribution in [1.82, 2.24) is 0 Å². The average molecular weight is 194 g/mol. The molecule has 0 radical (unpaired) electrons. The molecule has 0 fully saturated rings. The molecule has 14 heavy (non-hydrogen) atoms. The zero-order chi connectivity index (χ0) is 10.4. The molecule has 0 aliphatic heterocycles. The molecule has 0 spiro atoms. The standard InChI is InChI=1S/C11H14O3/c12-7-6-10(13)11(14)8-9-4-2-1-3-5-9/h1-5,8,10,12-14H,6-7H2. The zero-order valence-corrected chi connectivity index (χ0v) is 7.80. The van der Waals surface area contributed by atoms with Crippen LogP contribution >= 0.6 is 0 Å². The van der Waals surface area contributed by atoms with Crippen LogP contribution in [0.25, 0.3) is 6.08 Å². The Bertz CT molecular complexity index is 293. The van der Waals surface area contributed by atoms with Gasteiger partial charge in [-0.2, -0.15) is 0 Å². The van der Waals surface area contributed by atoms with Gasteiger partial charge in [-0.25, -0.2) is 0 Å². The number of aliphatic hydroxyl groups excluding tert-OH is 3. The van der Waals surface area contributed by atoms with E-state index >= 15 is 0 Å². The first-order chi connectivity index (χ1) is 6.74. The molecule has 0 saturated heterocycles. The van der Waals surface area contributed by atoms with E-state index in [9.17, 15) is 10.2 Å². The van der Waals surface area contributed by atoms with Gasteiger partial charge in [-0.3, -0.25) is 0 Å². The molecular weight excluding hydrogens is 180 g/mol. The number of aliphatic hydroxyl groups is 3. The summed E-state index contributed by atoms with van der Waals surface area (Å²) in [5, 5.41) is 27.3. The van der Waals surface area contributed by atoms with Crippen molar-refractivity contribution in [2.45, 2.75) is 12.5 Å². The van der Waals surface area contributed by atoms with Gasteiger partial charge < -0.3 is 15.3 Å². The molecule has 0 aliphatic rings. The van der Waals surface area contributed by atoms with Gasteiger partial charge in [0.05, 0.1) is 0 Å². The van der Waals surface area contributed by atoms with Gasteiger partial charge in [0.2, 0.25) is 0 Å². The Morgan fingerprint density at radius 1 is 1.29 bits per heavy atom. The number of benzene rings is 1. The first-order valence-electron chi connectivity index (χ1n) is 4.48. The summed E-state index contributed by atoms with van der Waals surface area (Å²) in [7, 11) is 0. The lowest BCUT2D eigenvalue weighted by molar-refractivity contribution is 0.122. The van der Waals surface area contributed by atoms with Gasteiger partial charge in [0, 0.05) is 13.0 Å². The van der Waals surface area contributed by atoms with E-state index in [1.54, 1.807) is 0 Å². The summed E-state index contributed by atoms with van der Waals surface area (Å²) in [6, 6.07) is 9.21. The van der Waals surface area contributed by atoms with Crippen molar-refractivity contribution < 1.29 is 15.3 Å². The molecule has 1 atom stereocenters. The second kappa shape index (κ2) is 5.42. The summed E-state index contributed by atoms with van der Waals surface area (Å²) >= 11 is 0. The Balaban J connectivity index is 2.68. The molecule has 1 rings (SSSR count). The van der Waals surface area contributed by atoms with Crippen molar-refractivity contribution in [3.05, 3.63) is 41.7 Å². The van der Waals surface area contributed by atoms with Crippen molar-refractivity contribution in [3.8, 4) is 0 Å². The summed E-state index contributed by atoms with van der Waals surface area (Å²) in [5.41, 5.74) is 0.821. The van der Waals surface area contributed by atoms with Crippen LogP contribution in [0.5, 0.6) is 0 Å². The molecule has 3 N–H and O–H groups in total. The maximum atomic E-state index is 9.40. The second-order valence-electron chi connectivity index (χ2n) is 3.01. The van der Waals surface area contributed by atoms with E-state index in [1.807, 2.05) is 30.3 Å². The highest BCUT2D eigenvalue weighted by atomic mass is 16.3. The lowest BCUT2D eigenvalue weighted by Crippen LogP contribution is -2.11. The minimum Gasteiger partial charge on any atom is -0.510 e. The summed E-state index contributed by atoms with van der Waals surface area (Å²) in [6.45, 7) is -0.145. The lowest BCUT2D eigenvalue weighted by atomic mass is 10.1. The highest BCUT2D eigenvalue weighted by Crippen LogP contribution is 2.09. The highest BCUT2D eigenvalue weighted by molar-refractivity contribution is 5.51. The van der Waals surface area contributed by atoms with Crippen molar-refractivity contribution in [1.29, 1.82) is 0 Å². The fourth-order valence-electron chi connectivity index (χ4n) is 1.09. The fraction of sp³-hybridized carbons (Fsp3) is 0.273. The molecule has 1 aromatic carbocycles. The van der Waals surface area contributed by atoms with Gasteiger partial charge in [-0.1, -0.05) is 30.3 Å². The maximum Gasteiger partial charge on any atom is 0.121 e. The minimum atomic E-state index is -0.986. The van der Waals surface area contributed by atoms with Crippen molar-refractivity contribution in [2.24, 2.45) is 0 Å². The van der Waals surface area contributed by atoms with E-state index in [2.05, 4.69) is 0 Å². The first-order valence-corrected chi connectivity index (χ1v) is 4.48. The molecular formula is C11H14O3. The summed E-state index contributed by atoms with van der Waals surface area (Å²) in [4.78, 5) is 0. The molecule has 1 unspecified atom stereocenters. The largest absolute Gasteiger partial charge is 0.510 e. The molecule has 0 amide bonds. The molecule has 3 nitrogen and oxygen atoms in total. The molecule has 1 aromatic rings. The van der Waals surface area contributed by atoms with Crippen LogP contribution in [0.15, 0.2) is 36.1 Å². The quantitative estimate of drug-likeness (QED) is 0.634. The van der Waals surface area contributed by atoms with Gasteiger partial charge in [-0.15, -0.1) is 0 Å². The van der Waals surface area contributed by atoms with Crippen LogP contribution in [0.3, 0.4) is 0 Å². The Labute approximate surface area is 82.9 Å². The topological polar surface area (TPSA) is 60.7 Å². The molecule has 0 bridgehead atoms. The monoisotopic (exact) mass is 194 g/mol. The van der Waals surface area contributed by atoms with E-state index < -0.39 is 6.10 Å². The van der Waals surface area contributed by atoms with Crippen LogP contribution in [-0.2, 0) is 0 Å². The maximum absolute atomic E-state index is 9.40. The second-order valence-corrected chi connectivity index (χ2v) is 3.01. The predicted octanol–water partition coefficient (Wildman–Crippen LogP) is 1.33. The van der Waals surface area contributed by atoms with Crippen LogP contribution in [0, 0.1) is 0 Å². The van der Waals surface area contributed by atoms with Crippen molar-refractivity contribution in [2.75, 3.05) is 6.61 Å². The first kappa shape index (κ1) is 10.8. The van der Waals surface area contributed by atoms with E-state index in [0.717, 1.165) is 5.56 Å². The van der Waals surface area contributed by atoms with Crippen LogP contribution in [-0.4, -0.2) is 28.0 Å². The molecule has 0 aromatic heterocycles. The van der Waals surface area contributed by atoms with E-state index in [0.29, 0.717) is 0 Å². The van der Waals surface area contributed by atoms with Crippen molar-refractivity contribution >= 4 is 6.08 Å². The Morgan fingerprint density at radius 3 is 2.50 bits per heavy atom. The molecule has 76 valence electrons. The summed E-state index contributed by atoms with van der Waals surface area (Å²) in [5.74, 6) is -0.120. The third kappa shape index (κ3) is 3.20. The van der Waals surface area contributed by atoms with Gasteiger partial charge >= 0.3 is 0 Å². The normalized spacial score (nSPS) is 14.0. The van der Waals surface area contributed by atoms with Crippen LogP contribution in [0.1, 0.15) is 12.0 Å². The van der Waals surface area contributed by atoms with Crippen LogP contribution < -0.4 is 0 Å². The predicted molar refractivity (Wildman–Crippen MR) is 54.8 cm³/mol. The Hall–Kier alpha value is -1.32. The summed E-state index contributed by atoms with van der Waals surface area (Å²) < 4.78 is 0. The van der Waals surface area contributed by atoms with E-state index in [1.165, 1.54) is 6.08 Å². The van der Waals surface area contributed by atoms with Gasteiger partial charge in [0.25, 0.3) is 0 Å². The van der Waals surface area contributed by atoms with Crippen LogP contribution in [0.2, 0.25) is 0 Å². The van der Waals surface area contributed by atoms with Gasteiger partial charge in [0.15, 0.2) is 0 Å². The smallest absolute Gasteiger partial charge is 0.121 e. The van der Waals surface area contributed by atoms with Gasteiger partial charge in [-0.05, 0) is 11.6 Å². The lowest BCUT2D eigenvalue weighted by Gasteiger charge is -2.07. The van der Waals surface area contributed by atoms with Gasteiger partial charge in [0.1, 0.15) is 11.9 Å². The third-order valence-corrected chi connectivity index (χ3v) is 1.86. The Kier molecular flexibility index (Phi) is 4.16.